The van der Waals surface area contributed by atoms with Gasteiger partial charge in [-0.2, -0.15) is 0 Å². The van der Waals surface area contributed by atoms with E-state index in [1.165, 1.54) is 22.3 Å². The van der Waals surface area contributed by atoms with E-state index in [2.05, 4.69) is 4.98 Å². The van der Waals surface area contributed by atoms with E-state index in [1.54, 1.807) is 37.3 Å². The number of fused-ring (bicyclic) bond motifs is 1. The minimum absolute atomic E-state index is 0.133. The highest BCUT2D eigenvalue weighted by atomic mass is 32.2. The summed E-state index contributed by atoms with van der Waals surface area (Å²) >= 11 is 0. The third kappa shape index (κ3) is 3.96. The number of pyridine rings is 1. The summed E-state index contributed by atoms with van der Waals surface area (Å²) in [6.07, 6.45) is 2.42. The number of esters is 1. The van der Waals surface area contributed by atoms with Crippen LogP contribution in [-0.4, -0.2) is 30.0 Å². The molecule has 31 heavy (non-hydrogen) atoms. The van der Waals surface area contributed by atoms with Crippen molar-refractivity contribution in [3.8, 4) is 0 Å². The number of hydrogen-bond acceptors (Lipinski definition) is 5. The molecule has 2 aromatic carbocycles. The lowest BCUT2D eigenvalue weighted by atomic mass is 10.0. The second-order valence-electron chi connectivity index (χ2n) is 6.98. The lowest BCUT2D eigenvalue weighted by Crippen LogP contribution is -2.18. The van der Waals surface area contributed by atoms with Crippen molar-refractivity contribution in [1.29, 1.82) is 0 Å². The summed E-state index contributed by atoms with van der Waals surface area (Å²) in [6, 6.07) is 21.3. The summed E-state index contributed by atoms with van der Waals surface area (Å²) in [4.78, 5) is 17.4. The molecule has 0 amide bonds. The quantitative estimate of drug-likeness (QED) is 0.407. The van der Waals surface area contributed by atoms with Gasteiger partial charge in [0, 0.05) is 11.6 Å². The molecule has 0 N–H and O–H groups in total. The Balaban J connectivity index is 1.96. The fraction of sp³-hybridized carbons (Fsp3) is 0.167. The van der Waals surface area contributed by atoms with E-state index in [0.29, 0.717) is 23.9 Å². The minimum Gasteiger partial charge on any atom is -0.462 e. The highest BCUT2D eigenvalue weighted by molar-refractivity contribution is 7.90. The van der Waals surface area contributed by atoms with E-state index in [9.17, 15) is 13.2 Å². The molecule has 0 spiro atoms. The Bertz CT molecular complexity index is 1310. The minimum atomic E-state index is -3.98. The molecule has 0 saturated carbocycles. The Kier molecular flexibility index (Phi) is 5.86. The summed E-state index contributed by atoms with van der Waals surface area (Å²) in [5.74, 6) is -0.550. The zero-order valence-corrected chi connectivity index (χ0v) is 17.9. The Labute approximate surface area is 181 Å². The molecule has 158 valence electrons. The number of aryl methyl sites for hydroxylation is 1. The third-order valence-corrected chi connectivity index (χ3v) is 6.78. The molecule has 0 fully saturated rings. The number of benzene rings is 2. The summed E-state index contributed by atoms with van der Waals surface area (Å²) in [5.41, 5.74) is 1.89. The van der Waals surface area contributed by atoms with E-state index in [0.717, 1.165) is 5.56 Å². The standard InChI is InChI=1S/C24H22N2O4S/c1-2-30-24(27)22-20-14-9-17-25-23(20)26(31(28,29)19-12-7-4-8-13-19)21(22)16-15-18-10-5-3-6-11-18/h3-14,17H,2,15-16H2,1H3. The fourth-order valence-electron chi connectivity index (χ4n) is 3.66. The van der Waals surface area contributed by atoms with E-state index in [4.69, 9.17) is 4.74 Å². The Morgan fingerprint density at radius 2 is 1.61 bits per heavy atom. The number of aromatic nitrogens is 2. The van der Waals surface area contributed by atoms with Gasteiger partial charge < -0.3 is 4.74 Å². The zero-order valence-electron chi connectivity index (χ0n) is 17.1. The monoisotopic (exact) mass is 434 g/mol. The lowest BCUT2D eigenvalue weighted by Gasteiger charge is -2.13. The molecule has 2 heterocycles. The smallest absolute Gasteiger partial charge is 0.340 e. The van der Waals surface area contributed by atoms with Crippen molar-refractivity contribution in [1.82, 2.24) is 8.96 Å². The number of carbonyl (C=O) groups excluding carboxylic acids is 1. The van der Waals surface area contributed by atoms with Gasteiger partial charge >= 0.3 is 5.97 Å². The van der Waals surface area contributed by atoms with Crippen LogP contribution in [0.4, 0.5) is 0 Å². The SMILES string of the molecule is CCOC(=O)c1c(CCc2ccccc2)n(S(=O)(=O)c2ccccc2)c2ncccc12. The van der Waals surface area contributed by atoms with Crippen molar-refractivity contribution in [2.45, 2.75) is 24.7 Å². The van der Waals surface area contributed by atoms with Crippen LogP contribution in [0.3, 0.4) is 0 Å². The summed E-state index contributed by atoms with van der Waals surface area (Å²) in [6.45, 7) is 1.91. The highest BCUT2D eigenvalue weighted by Gasteiger charge is 2.30. The maximum absolute atomic E-state index is 13.6. The van der Waals surface area contributed by atoms with E-state index < -0.39 is 16.0 Å². The molecule has 0 aliphatic carbocycles. The van der Waals surface area contributed by atoms with Crippen LogP contribution in [-0.2, 0) is 27.6 Å². The molecule has 0 bridgehead atoms. The summed E-state index contributed by atoms with van der Waals surface area (Å²) in [7, 11) is -3.98. The van der Waals surface area contributed by atoms with Gasteiger partial charge in [-0.05, 0) is 49.6 Å². The first-order valence-corrected chi connectivity index (χ1v) is 11.5. The van der Waals surface area contributed by atoms with Crippen LogP contribution in [0.25, 0.3) is 11.0 Å². The molecule has 7 heteroatoms. The highest BCUT2D eigenvalue weighted by Crippen LogP contribution is 2.31. The van der Waals surface area contributed by atoms with E-state index >= 15 is 0 Å². The Hall–Kier alpha value is -3.45. The van der Waals surface area contributed by atoms with E-state index in [1.807, 2.05) is 30.3 Å². The first kappa shape index (κ1) is 20.8. The zero-order chi connectivity index (χ0) is 21.8. The molecule has 0 radical (unpaired) electrons. The summed E-state index contributed by atoms with van der Waals surface area (Å²) in [5, 5.41) is 0.462. The van der Waals surface area contributed by atoms with Crippen LogP contribution < -0.4 is 0 Å². The van der Waals surface area contributed by atoms with Crippen molar-refractivity contribution in [3.63, 3.8) is 0 Å². The van der Waals surface area contributed by atoms with Crippen molar-refractivity contribution < 1.29 is 17.9 Å². The molecule has 4 rings (SSSR count). The third-order valence-electron chi connectivity index (χ3n) is 5.04. The van der Waals surface area contributed by atoms with Crippen molar-refractivity contribution in [3.05, 3.63) is 95.8 Å². The number of ether oxygens (including phenoxy) is 1. The van der Waals surface area contributed by atoms with Gasteiger partial charge in [0.15, 0.2) is 5.65 Å². The maximum Gasteiger partial charge on any atom is 0.340 e. The second kappa shape index (κ2) is 8.73. The molecule has 0 aliphatic rings. The fourth-order valence-corrected chi connectivity index (χ4v) is 5.22. The predicted octanol–water partition coefficient (Wildman–Crippen LogP) is 4.24. The molecular formula is C24H22N2O4S. The average Bonchev–Trinajstić information content (AvgIpc) is 3.14. The van der Waals surface area contributed by atoms with Gasteiger partial charge in [0.1, 0.15) is 0 Å². The molecule has 2 aromatic heterocycles. The molecule has 0 aliphatic heterocycles. The normalized spacial score (nSPS) is 11.5. The Morgan fingerprint density at radius 1 is 0.935 bits per heavy atom. The average molecular weight is 435 g/mol. The van der Waals surface area contributed by atoms with Crippen LogP contribution >= 0.6 is 0 Å². The largest absolute Gasteiger partial charge is 0.462 e. The molecule has 0 unspecified atom stereocenters. The van der Waals surface area contributed by atoms with Crippen LogP contribution in [0, 0.1) is 0 Å². The molecular weight excluding hydrogens is 412 g/mol. The van der Waals surface area contributed by atoms with Crippen LogP contribution in [0.1, 0.15) is 28.5 Å². The van der Waals surface area contributed by atoms with Gasteiger partial charge in [-0.25, -0.2) is 22.2 Å². The molecule has 0 atom stereocenters. The van der Waals surface area contributed by atoms with Crippen molar-refractivity contribution in [2.24, 2.45) is 0 Å². The van der Waals surface area contributed by atoms with Crippen molar-refractivity contribution in [2.75, 3.05) is 6.61 Å². The van der Waals surface area contributed by atoms with Gasteiger partial charge in [0.05, 0.1) is 22.8 Å². The topological polar surface area (TPSA) is 78.3 Å². The van der Waals surface area contributed by atoms with Gasteiger partial charge in [-0.1, -0.05) is 48.5 Å². The molecule has 0 saturated heterocycles. The second-order valence-corrected chi connectivity index (χ2v) is 8.77. The van der Waals surface area contributed by atoms with Gasteiger partial charge in [0.2, 0.25) is 0 Å². The maximum atomic E-state index is 13.6. The predicted molar refractivity (Wildman–Crippen MR) is 119 cm³/mol. The van der Waals surface area contributed by atoms with E-state index in [-0.39, 0.29) is 22.7 Å². The van der Waals surface area contributed by atoms with Gasteiger partial charge in [-0.3, -0.25) is 0 Å². The van der Waals surface area contributed by atoms with Crippen LogP contribution in [0.2, 0.25) is 0 Å². The van der Waals surface area contributed by atoms with Gasteiger partial charge in [0.25, 0.3) is 10.0 Å². The Morgan fingerprint density at radius 3 is 2.29 bits per heavy atom. The molecule has 4 aromatic rings. The number of rotatable bonds is 7. The number of nitrogens with zero attached hydrogens (tertiary/aromatic N) is 2. The number of carbonyl (C=O) groups is 1. The first-order valence-electron chi connectivity index (χ1n) is 10.0. The first-order chi connectivity index (χ1) is 15.0. The molecule has 6 nitrogen and oxygen atoms in total. The van der Waals surface area contributed by atoms with Gasteiger partial charge in [-0.15, -0.1) is 0 Å². The van der Waals surface area contributed by atoms with Crippen molar-refractivity contribution >= 4 is 27.0 Å². The summed E-state index contributed by atoms with van der Waals surface area (Å²) < 4.78 is 33.8. The number of hydrogen-bond donors (Lipinski definition) is 0. The van der Waals surface area contributed by atoms with Crippen LogP contribution in [0.15, 0.2) is 83.9 Å². The van der Waals surface area contributed by atoms with Crippen LogP contribution in [0.5, 0.6) is 0 Å². The lowest BCUT2D eigenvalue weighted by molar-refractivity contribution is 0.0527.